The Balaban J connectivity index is 1.65. The molecule has 2 rings (SSSR count). The normalized spacial score (nSPS) is 10.2. The van der Waals surface area contributed by atoms with Crippen molar-refractivity contribution in [1.29, 1.82) is 0 Å². The molecule has 0 saturated heterocycles. The first-order valence-corrected chi connectivity index (χ1v) is 7.67. The molecule has 1 nitrogen and oxygen atoms in total. The Morgan fingerprint density at radius 2 is 1.65 bits per heavy atom. The lowest BCUT2D eigenvalue weighted by molar-refractivity contribution is 0.307. The van der Waals surface area contributed by atoms with Gasteiger partial charge in [-0.05, 0) is 54.7 Å². The summed E-state index contributed by atoms with van der Waals surface area (Å²) in [6.07, 6.45) is 5.15. The van der Waals surface area contributed by atoms with Gasteiger partial charge in [-0.25, -0.2) is 0 Å². The van der Waals surface area contributed by atoms with Crippen molar-refractivity contribution in [2.75, 3.05) is 6.61 Å². The number of ether oxygens (including phenoxy) is 1. The first kappa shape index (κ1) is 14.9. The number of hydrogen-bond donors (Lipinski definition) is 0. The predicted octanol–water partition coefficient (Wildman–Crippen LogP) is 5.49. The van der Waals surface area contributed by atoms with Gasteiger partial charge in [0.15, 0.2) is 0 Å². The molecule has 0 aliphatic heterocycles. The van der Waals surface area contributed by atoms with Gasteiger partial charge in [0, 0.05) is 4.47 Å². The lowest BCUT2D eigenvalue weighted by Gasteiger charge is -2.06. The molecule has 0 aliphatic rings. The summed E-state index contributed by atoms with van der Waals surface area (Å²) in [4.78, 5) is 0. The lowest BCUT2D eigenvalue weighted by atomic mass is 10.1. The Labute approximate surface area is 129 Å². The molecular weight excluding hydrogens is 312 g/mol. The second-order valence-electron chi connectivity index (χ2n) is 4.71. The molecular formula is C18H19BrO. The summed E-state index contributed by atoms with van der Waals surface area (Å²) < 4.78 is 6.85. The highest BCUT2D eigenvalue weighted by atomic mass is 79.9. The summed E-state index contributed by atoms with van der Waals surface area (Å²) in [7, 11) is 0. The molecule has 104 valence electrons. The van der Waals surface area contributed by atoms with E-state index in [4.69, 9.17) is 4.74 Å². The summed E-state index contributed by atoms with van der Waals surface area (Å²) in [5.74, 6) is 0.930. The average molecular weight is 331 g/mol. The minimum atomic E-state index is 0.768. The molecule has 0 N–H and O–H groups in total. The van der Waals surface area contributed by atoms with Gasteiger partial charge in [0.05, 0.1) is 6.61 Å². The summed E-state index contributed by atoms with van der Waals surface area (Å²) in [6, 6.07) is 16.5. The maximum Gasteiger partial charge on any atom is 0.119 e. The molecule has 2 aromatic carbocycles. The highest BCUT2D eigenvalue weighted by Crippen LogP contribution is 2.14. The monoisotopic (exact) mass is 330 g/mol. The van der Waals surface area contributed by atoms with Crippen molar-refractivity contribution in [2.24, 2.45) is 0 Å². The van der Waals surface area contributed by atoms with Crippen LogP contribution in [0.1, 0.15) is 24.0 Å². The number of benzene rings is 2. The van der Waals surface area contributed by atoms with Gasteiger partial charge in [0.2, 0.25) is 0 Å². The molecule has 0 aliphatic carbocycles. The largest absolute Gasteiger partial charge is 0.494 e. The molecule has 0 radical (unpaired) electrons. The van der Waals surface area contributed by atoms with Crippen LogP contribution in [0.2, 0.25) is 0 Å². The molecule has 2 heteroatoms. The first-order valence-electron chi connectivity index (χ1n) is 6.87. The van der Waals surface area contributed by atoms with Crippen LogP contribution in [0.5, 0.6) is 5.75 Å². The molecule has 0 spiro atoms. The predicted molar refractivity (Wildman–Crippen MR) is 89.1 cm³/mol. The van der Waals surface area contributed by atoms with Gasteiger partial charge in [-0.3, -0.25) is 0 Å². The first-order chi connectivity index (χ1) is 9.78. The molecule has 2 aromatic rings. The van der Waals surface area contributed by atoms with E-state index in [-0.39, 0.29) is 0 Å². The van der Waals surface area contributed by atoms with Crippen molar-refractivity contribution in [2.45, 2.75) is 19.3 Å². The second-order valence-corrected chi connectivity index (χ2v) is 5.62. The molecule has 20 heavy (non-hydrogen) atoms. The summed E-state index contributed by atoms with van der Waals surface area (Å²) in [6.45, 7) is 4.51. The van der Waals surface area contributed by atoms with Gasteiger partial charge in [0.25, 0.3) is 0 Å². The fourth-order valence-corrected chi connectivity index (χ4v) is 2.24. The minimum Gasteiger partial charge on any atom is -0.494 e. The van der Waals surface area contributed by atoms with Gasteiger partial charge in [-0.2, -0.15) is 0 Å². The average Bonchev–Trinajstić information content (AvgIpc) is 2.49. The molecule has 0 unspecified atom stereocenters. The topological polar surface area (TPSA) is 9.23 Å². The van der Waals surface area contributed by atoms with Crippen molar-refractivity contribution < 1.29 is 4.74 Å². The van der Waals surface area contributed by atoms with E-state index in [2.05, 4.69) is 46.8 Å². The van der Waals surface area contributed by atoms with Crippen LogP contribution in [-0.4, -0.2) is 6.61 Å². The highest BCUT2D eigenvalue weighted by molar-refractivity contribution is 9.10. The zero-order valence-corrected chi connectivity index (χ0v) is 13.1. The quantitative estimate of drug-likeness (QED) is 0.609. The third kappa shape index (κ3) is 4.86. The van der Waals surface area contributed by atoms with Crippen molar-refractivity contribution >= 4 is 22.0 Å². The number of hydrogen-bond acceptors (Lipinski definition) is 1. The standard InChI is InChI=1S/C18H19BrO/c1-2-15-8-12-18(13-9-15)20-14-4-3-5-16-6-10-17(19)11-7-16/h2,6-13H,1,3-5,14H2. The second kappa shape index (κ2) is 7.91. The SMILES string of the molecule is C=Cc1ccc(OCCCCc2ccc(Br)cc2)cc1. The van der Waals surface area contributed by atoms with E-state index in [0.29, 0.717) is 0 Å². The zero-order valence-electron chi connectivity index (χ0n) is 11.5. The molecule has 0 bridgehead atoms. The number of aryl methyl sites for hydroxylation is 1. The van der Waals surface area contributed by atoms with Crippen LogP contribution in [0.3, 0.4) is 0 Å². The van der Waals surface area contributed by atoms with Crippen LogP contribution in [0.4, 0.5) is 0 Å². The van der Waals surface area contributed by atoms with Gasteiger partial charge in [-0.15, -0.1) is 0 Å². The Morgan fingerprint density at radius 3 is 2.30 bits per heavy atom. The van der Waals surface area contributed by atoms with Gasteiger partial charge < -0.3 is 4.74 Å². The number of halogens is 1. The lowest BCUT2D eigenvalue weighted by Crippen LogP contribution is -1.98. The van der Waals surface area contributed by atoms with Crippen LogP contribution in [-0.2, 0) is 6.42 Å². The van der Waals surface area contributed by atoms with Gasteiger partial charge in [0.1, 0.15) is 5.75 Å². The van der Waals surface area contributed by atoms with Crippen LogP contribution in [0.15, 0.2) is 59.6 Å². The zero-order chi connectivity index (χ0) is 14.2. The molecule has 0 amide bonds. The third-order valence-electron chi connectivity index (χ3n) is 3.16. The van der Waals surface area contributed by atoms with Crippen molar-refractivity contribution in [1.82, 2.24) is 0 Å². The van der Waals surface area contributed by atoms with Crippen molar-refractivity contribution in [3.05, 3.63) is 70.7 Å². The Kier molecular flexibility index (Phi) is 5.87. The fourth-order valence-electron chi connectivity index (χ4n) is 1.97. The highest BCUT2D eigenvalue weighted by Gasteiger charge is 1.96. The molecule has 0 atom stereocenters. The fraction of sp³-hybridized carbons (Fsp3) is 0.222. The van der Waals surface area contributed by atoms with Crippen LogP contribution in [0.25, 0.3) is 6.08 Å². The van der Waals surface area contributed by atoms with Crippen molar-refractivity contribution in [3.8, 4) is 5.75 Å². The minimum absolute atomic E-state index is 0.768. The summed E-state index contributed by atoms with van der Waals surface area (Å²) in [5, 5.41) is 0. The molecule has 0 aromatic heterocycles. The molecule has 0 heterocycles. The summed E-state index contributed by atoms with van der Waals surface area (Å²) >= 11 is 3.45. The van der Waals surface area contributed by atoms with E-state index in [1.807, 2.05) is 30.3 Å². The van der Waals surface area contributed by atoms with Crippen LogP contribution >= 0.6 is 15.9 Å². The summed E-state index contributed by atoms with van der Waals surface area (Å²) in [5.41, 5.74) is 2.50. The Hall–Kier alpha value is -1.54. The Morgan fingerprint density at radius 1 is 0.950 bits per heavy atom. The van der Waals surface area contributed by atoms with E-state index in [1.54, 1.807) is 0 Å². The van der Waals surface area contributed by atoms with E-state index < -0.39 is 0 Å². The molecule has 0 saturated carbocycles. The van der Waals surface area contributed by atoms with Crippen LogP contribution < -0.4 is 4.74 Å². The van der Waals surface area contributed by atoms with Crippen molar-refractivity contribution in [3.63, 3.8) is 0 Å². The van der Waals surface area contributed by atoms with E-state index in [9.17, 15) is 0 Å². The van der Waals surface area contributed by atoms with E-state index >= 15 is 0 Å². The van der Waals surface area contributed by atoms with Crippen LogP contribution in [0, 0.1) is 0 Å². The van der Waals surface area contributed by atoms with Gasteiger partial charge in [-0.1, -0.05) is 52.9 Å². The maximum atomic E-state index is 5.72. The molecule has 0 fully saturated rings. The van der Waals surface area contributed by atoms with Gasteiger partial charge >= 0.3 is 0 Å². The van der Waals surface area contributed by atoms with E-state index in [0.717, 1.165) is 41.7 Å². The smallest absolute Gasteiger partial charge is 0.119 e. The van der Waals surface area contributed by atoms with E-state index in [1.165, 1.54) is 5.56 Å². The maximum absolute atomic E-state index is 5.72. The Bertz CT molecular complexity index is 528. The third-order valence-corrected chi connectivity index (χ3v) is 3.69. The number of rotatable bonds is 7. The number of unbranched alkanes of at least 4 members (excludes halogenated alkanes) is 1.